The maximum Gasteiger partial charge on any atom is 0.407 e. The molecule has 0 aromatic carbocycles. The monoisotopic (exact) mass is 296 g/mol. The molecule has 1 N–H and O–H groups in total. The fourth-order valence-electron chi connectivity index (χ4n) is 3.04. The number of hydrogen-bond acceptors (Lipinski definition) is 3. The summed E-state index contributed by atoms with van der Waals surface area (Å²) >= 11 is 0. The molecule has 1 saturated carbocycles. The Morgan fingerprint density at radius 3 is 2.38 bits per heavy atom. The zero-order valence-electron chi connectivity index (χ0n) is 13.6. The Bertz CT molecular complexity index is 399. The van der Waals surface area contributed by atoms with Crippen molar-refractivity contribution in [2.45, 2.75) is 65.0 Å². The van der Waals surface area contributed by atoms with E-state index < -0.39 is 5.60 Å². The second-order valence-electron chi connectivity index (χ2n) is 7.55. The molecule has 1 saturated heterocycles. The number of nitrogens with one attached hydrogen (secondary N) is 1. The third kappa shape index (κ3) is 5.56. The van der Waals surface area contributed by atoms with E-state index in [1.54, 1.807) is 6.92 Å². The average molecular weight is 296 g/mol. The lowest BCUT2D eigenvalue weighted by molar-refractivity contribution is -0.131. The van der Waals surface area contributed by atoms with Crippen LogP contribution in [-0.4, -0.2) is 41.6 Å². The largest absolute Gasteiger partial charge is 0.444 e. The van der Waals surface area contributed by atoms with Gasteiger partial charge in [-0.1, -0.05) is 12.8 Å². The van der Waals surface area contributed by atoms with Crippen molar-refractivity contribution in [2.24, 2.45) is 11.8 Å². The van der Waals surface area contributed by atoms with Gasteiger partial charge in [-0.3, -0.25) is 4.79 Å². The summed E-state index contributed by atoms with van der Waals surface area (Å²) in [5.41, 5.74) is -0.494. The van der Waals surface area contributed by atoms with Crippen molar-refractivity contribution in [3.05, 3.63) is 0 Å². The minimum atomic E-state index is -0.494. The van der Waals surface area contributed by atoms with Gasteiger partial charge in [0.25, 0.3) is 0 Å². The van der Waals surface area contributed by atoms with Crippen molar-refractivity contribution in [3.63, 3.8) is 0 Å². The number of nitrogens with zero attached hydrogens (tertiary/aromatic N) is 1. The zero-order chi connectivity index (χ0) is 15.6. The molecular weight excluding hydrogens is 268 g/mol. The SMILES string of the molecule is CC(=O)N1CC(CC2CC2)CC(NC(=O)OC(C)(C)C)C1. The highest BCUT2D eigenvalue weighted by Crippen LogP contribution is 2.37. The van der Waals surface area contributed by atoms with Crippen LogP contribution in [-0.2, 0) is 9.53 Å². The third-order valence-electron chi connectivity index (χ3n) is 4.07. The van der Waals surface area contributed by atoms with E-state index in [-0.39, 0.29) is 18.0 Å². The van der Waals surface area contributed by atoms with Crippen LogP contribution >= 0.6 is 0 Å². The number of piperidine rings is 1. The highest BCUT2D eigenvalue weighted by Gasteiger charge is 2.34. The summed E-state index contributed by atoms with van der Waals surface area (Å²) < 4.78 is 5.31. The van der Waals surface area contributed by atoms with Gasteiger partial charge in [-0.25, -0.2) is 4.79 Å². The highest BCUT2D eigenvalue weighted by molar-refractivity contribution is 5.73. The van der Waals surface area contributed by atoms with Crippen molar-refractivity contribution in [1.82, 2.24) is 10.2 Å². The molecule has 2 amide bonds. The van der Waals surface area contributed by atoms with Crippen LogP contribution in [0.2, 0.25) is 0 Å². The first-order valence-electron chi connectivity index (χ1n) is 7.98. The van der Waals surface area contributed by atoms with Gasteiger partial charge in [0.2, 0.25) is 5.91 Å². The van der Waals surface area contributed by atoms with E-state index in [0.29, 0.717) is 12.5 Å². The molecule has 1 aliphatic heterocycles. The standard InChI is InChI=1S/C16H28N2O3/c1-11(19)18-9-13(7-12-5-6-12)8-14(10-18)17-15(20)21-16(2,3)4/h12-14H,5-10H2,1-4H3,(H,17,20). The quantitative estimate of drug-likeness (QED) is 0.870. The van der Waals surface area contributed by atoms with Crippen molar-refractivity contribution in [2.75, 3.05) is 13.1 Å². The molecule has 120 valence electrons. The molecule has 0 radical (unpaired) electrons. The van der Waals surface area contributed by atoms with Crippen LogP contribution in [0.25, 0.3) is 0 Å². The van der Waals surface area contributed by atoms with Gasteiger partial charge >= 0.3 is 6.09 Å². The van der Waals surface area contributed by atoms with Crippen LogP contribution in [0.1, 0.15) is 53.4 Å². The van der Waals surface area contributed by atoms with Crippen molar-refractivity contribution >= 4 is 12.0 Å². The third-order valence-corrected chi connectivity index (χ3v) is 4.07. The Balaban J connectivity index is 1.90. The lowest BCUT2D eigenvalue weighted by Crippen LogP contribution is -2.52. The summed E-state index contributed by atoms with van der Waals surface area (Å²) in [7, 11) is 0. The summed E-state index contributed by atoms with van der Waals surface area (Å²) in [4.78, 5) is 25.5. The lowest BCUT2D eigenvalue weighted by Gasteiger charge is -2.38. The average Bonchev–Trinajstić information content (AvgIpc) is 3.09. The second-order valence-corrected chi connectivity index (χ2v) is 7.55. The fraction of sp³-hybridized carbons (Fsp3) is 0.875. The van der Waals surface area contributed by atoms with E-state index in [1.165, 1.54) is 19.3 Å². The molecular formula is C16H28N2O3. The van der Waals surface area contributed by atoms with Gasteiger partial charge in [0.15, 0.2) is 0 Å². The van der Waals surface area contributed by atoms with Crippen LogP contribution < -0.4 is 5.32 Å². The molecule has 0 spiro atoms. The molecule has 2 fully saturated rings. The molecule has 21 heavy (non-hydrogen) atoms. The van der Waals surface area contributed by atoms with Crippen LogP contribution in [0.4, 0.5) is 4.79 Å². The maximum atomic E-state index is 11.9. The minimum absolute atomic E-state index is 0.00116. The van der Waals surface area contributed by atoms with Gasteiger partial charge in [0.05, 0.1) is 6.04 Å². The molecule has 1 heterocycles. The summed E-state index contributed by atoms with van der Waals surface area (Å²) in [5, 5.41) is 2.93. The number of alkyl carbamates (subject to hydrolysis) is 1. The first kappa shape index (κ1) is 16.1. The Kier molecular flexibility index (Phi) is 4.79. The maximum absolute atomic E-state index is 11.9. The van der Waals surface area contributed by atoms with Gasteiger partial charge in [-0.05, 0) is 45.4 Å². The first-order valence-corrected chi connectivity index (χ1v) is 7.98. The topological polar surface area (TPSA) is 58.6 Å². The minimum Gasteiger partial charge on any atom is -0.444 e. The molecule has 2 aliphatic rings. The molecule has 2 atom stereocenters. The number of carbonyl (C=O) groups is 2. The molecule has 0 aromatic heterocycles. The predicted octanol–water partition coefficient (Wildman–Crippen LogP) is 2.55. The Hall–Kier alpha value is -1.26. The van der Waals surface area contributed by atoms with E-state index in [4.69, 9.17) is 4.74 Å². The lowest BCUT2D eigenvalue weighted by atomic mass is 9.89. The Morgan fingerprint density at radius 1 is 1.19 bits per heavy atom. The Labute approximate surface area is 127 Å². The number of likely N-dealkylation sites (tertiary alicyclic amines) is 1. The number of rotatable bonds is 3. The van der Waals surface area contributed by atoms with Crippen molar-refractivity contribution < 1.29 is 14.3 Å². The van der Waals surface area contributed by atoms with Gasteiger partial charge in [0, 0.05) is 20.0 Å². The molecule has 1 aliphatic carbocycles. The number of amides is 2. The molecule has 5 nitrogen and oxygen atoms in total. The van der Waals surface area contributed by atoms with Crippen LogP contribution in [0.15, 0.2) is 0 Å². The fourth-order valence-corrected chi connectivity index (χ4v) is 3.04. The molecule has 0 aromatic rings. The zero-order valence-corrected chi connectivity index (χ0v) is 13.6. The van der Waals surface area contributed by atoms with Crippen molar-refractivity contribution in [1.29, 1.82) is 0 Å². The number of hydrogen-bond donors (Lipinski definition) is 1. The van der Waals surface area contributed by atoms with E-state index in [9.17, 15) is 9.59 Å². The smallest absolute Gasteiger partial charge is 0.407 e. The highest BCUT2D eigenvalue weighted by atomic mass is 16.6. The van der Waals surface area contributed by atoms with Gasteiger partial charge in [-0.2, -0.15) is 0 Å². The summed E-state index contributed by atoms with van der Waals surface area (Å²) in [5.74, 6) is 1.42. The molecule has 0 bridgehead atoms. The van der Waals surface area contributed by atoms with Gasteiger partial charge < -0.3 is 15.0 Å². The van der Waals surface area contributed by atoms with E-state index in [0.717, 1.165) is 18.9 Å². The molecule has 2 unspecified atom stereocenters. The van der Waals surface area contributed by atoms with Crippen LogP contribution in [0, 0.1) is 11.8 Å². The Morgan fingerprint density at radius 2 is 1.86 bits per heavy atom. The molecule has 5 heteroatoms. The number of carbonyl (C=O) groups excluding carboxylic acids is 2. The first-order chi connectivity index (χ1) is 9.73. The van der Waals surface area contributed by atoms with E-state index in [1.807, 2.05) is 25.7 Å². The normalized spacial score (nSPS) is 26.4. The second kappa shape index (κ2) is 6.24. The predicted molar refractivity (Wildman–Crippen MR) is 80.9 cm³/mol. The summed E-state index contributed by atoms with van der Waals surface area (Å²) in [6, 6.07) is 0.00116. The number of ether oxygens (including phenoxy) is 1. The van der Waals surface area contributed by atoms with E-state index in [2.05, 4.69) is 5.32 Å². The molecule has 2 rings (SSSR count). The van der Waals surface area contributed by atoms with Crippen LogP contribution in [0.3, 0.4) is 0 Å². The summed E-state index contributed by atoms with van der Waals surface area (Å²) in [6.07, 6.45) is 4.38. The van der Waals surface area contributed by atoms with Gasteiger partial charge in [-0.15, -0.1) is 0 Å². The van der Waals surface area contributed by atoms with E-state index >= 15 is 0 Å². The summed E-state index contributed by atoms with van der Waals surface area (Å²) in [6.45, 7) is 8.58. The van der Waals surface area contributed by atoms with Crippen LogP contribution in [0.5, 0.6) is 0 Å². The van der Waals surface area contributed by atoms with Gasteiger partial charge in [0.1, 0.15) is 5.60 Å². The van der Waals surface area contributed by atoms with Crippen molar-refractivity contribution in [3.8, 4) is 0 Å².